The molecule has 0 fully saturated rings. The van der Waals surface area contributed by atoms with Crippen LogP contribution in [0.4, 0.5) is 11.6 Å². The topological polar surface area (TPSA) is 72.4 Å². The first-order valence-corrected chi connectivity index (χ1v) is 6.47. The summed E-state index contributed by atoms with van der Waals surface area (Å²) in [5.74, 6) is -0.466. The Kier molecular flexibility index (Phi) is 3.13. The van der Waals surface area contributed by atoms with E-state index in [1.165, 1.54) is 6.92 Å². The number of ether oxygens (including phenoxy) is 1. The molecule has 0 saturated carbocycles. The third-order valence-electron chi connectivity index (χ3n) is 3.26. The summed E-state index contributed by atoms with van der Waals surface area (Å²) in [6.07, 6.45) is 2.10. The second kappa shape index (κ2) is 4.97. The molecule has 0 saturated heterocycles. The van der Waals surface area contributed by atoms with Crippen LogP contribution in [0.2, 0.25) is 0 Å². The van der Waals surface area contributed by atoms with Crippen LogP contribution in [0, 0.1) is 6.92 Å². The Morgan fingerprint density at radius 2 is 1.95 bits per heavy atom. The number of hydrogen-bond acceptors (Lipinski definition) is 6. The van der Waals surface area contributed by atoms with E-state index in [1.807, 2.05) is 19.1 Å². The number of aromatic nitrogens is 2. The van der Waals surface area contributed by atoms with Gasteiger partial charge in [-0.2, -0.15) is 0 Å². The van der Waals surface area contributed by atoms with Crippen LogP contribution in [0.15, 0.2) is 36.7 Å². The summed E-state index contributed by atoms with van der Waals surface area (Å²) >= 11 is 0. The molecule has 0 amide bonds. The number of esters is 1. The molecule has 106 valence electrons. The lowest BCUT2D eigenvalue weighted by Crippen LogP contribution is -2.36. The quantitative estimate of drug-likeness (QED) is 0.785. The second-order valence-electron chi connectivity index (χ2n) is 4.71. The first-order valence-electron chi connectivity index (χ1n) is 6.47. The van der Waals surface area contributed by atoms with Crippen LogP contribution < -0.4 is 4.90 Å². The fourth-order valence-electron chi connectivity index (χ4n) is 2.43. The van der Waals surface area contributed by atoms with Gasteiger partial charge in [-0.25, -0.2) is 9.97 Å². The Bertz CT molecular complexity index is 715. The molecule has 3 rings (SSSR count). The summed E-state index contributed by atoms with van der Waals surface area (Å²) in [6, 6.07) is 7.16. The molecule has 1 aliphatic rings. The van der Waals surface area contributed by atoms with Gasteiger partial charge in [-0.1, -0.05) is 12.1 Å². The van der Waals surface area contributed by atoms with Crippen LogP contribution >= 0.6 is 0 Å². The van der Waals surface area contributed by atoms with Crippen molar-refractivity contribution in [3.05, 3.63) is 47.8 Å². The summed E-state index contributed by atoms with van der Waals surface area (Å²) < 4.78 is 5.19. The maximum atomic E-state index is 12.6. The summed E-state index contributed by atoms with van der Waals surface area (Å²) in [6.45, 7) is 3.12. The zero-order valence-electron chi connectivity index (χ0n) is 11.6. The van der Waals surface area contributed by atoms with E-state index in [4.69, 9.17) is 4.74 Å². The minimum absolute atomic E-state index is 0.259. The minimum atomic E-state index is -1.05. The van der Waals surface area contributed by atoms with Crippen LogP contribution in [-0.4, -0.2) is 27.9 Å². The van der Waals surface area contributed by atoms with Crippen molar-refractivity contribution in [3.8, 4) is 0 Å². The molecule has 1 unspecified atom stereocenters. The van der Waals surface area contributed by atoms with Crippen LogP contribution in [0.5, 0.6) is 0 Å². The maximum Gasteiger partial charge on any atom is 0.304 e. The Morgan fingerprint density at radius 3 is 2.62 bits per heavy atom. The van der Waals surface area contributed by atoms with Gasteiger partial charge < -0.3 is 4.74 Å². The number of ketones is 1. The smallest absolute Gasteiger partial charge is 0.304 e. The zero-order valence-corrected chi connectivity index (χ0v) is 11.6. The lowest BCUT2D eigenvalue weighted by atomic mass is 10.1. The fraction of sp³-hybridized carbons (Fsp3) is 0.200. The summed E-state index contributed by atoms with van der Waals surface area (Å²) in [5, 5.41) is 0. The van der Waals surface area contributed by atoms with Crippen molar-refractivity contribution in [2.45, 2.75) is 20.1 Å². The van der Waals surface area contributed by atoms with Gasteiger partial charge in [-0.05, 0) is 24.6 Å². The minimum Gasteiger partial charge on any atom is -0.433 e. The number of rotatable bonds is 2. The molecule has 2 aromatic rings. The maximum absolute atomic E-state index is 12.6. The van der Waals surface area contributed by atoms with Gasteiger partial charge in [0.05, 0.1) is 11.3 Å². The fourth-order valence-corrected chi connectivity index (χ4v) is 2.43. The molecule has 0 bridgehead atoms. The number of benzene rings is 1. The van der Waals surface area contributed by atoms with Crippen LogP contribution in [0.25, 0.3) is 0 Å². The SMILES string of the molecule is CC(=O)OC1C(=O)c2c(C)cccc2N1c1ncccn1. The molecule has 0 radical (unpaired) electrons. The van der Waals surface area contributed by atoms with Crippen LogP contribution in [-0.2, 0) is 9.53 Å². The van der Waals surface area contributed by atoms with E-state index in [9.17, 15) is 9.59 Å². The molecular formula is C15H13N3O3. The lowest BCUT2D eigenvalue weighted by Gasteiger charge is -2.23. The van der Waals surface area contributed by atoms with Gasteiger partial charge in [0.2, 0.25) is 18.0 Å². The largest absolute Gasteiger partial charge is 0.433 e. The second-order valence-corrected chi connectivity index (χ2v) is 4.71. The van der Waals surface area contributed by atoms with Gasteiger partial charge in [0, 0.05) is 19.3 Å². The molecule has 0 spiro atoms. The van der Waals surface area contributed by atoms with Crippen molar-refractivity contribution in [1.29, 1.82) is 0 Å². The van der Waals surface area contributed by atoms with Crippen LogP contribution in [0.1, 0.15) is 22.8 Å². The third-order valence-corrected chi connectivity index (χ3v) is 3.26. The molecule has 0 aliphatic carbocycles. The highest BCUT2D eigenvalue weighted by atomic mass is 16.6. The van der Waals surface area contributed by atoms with Gasteiger partial charge >= 0.3 is 5.97 Å². The predicted octanol–water partition coefficient (Wildman–Crippen LogP) is 2.01. The monoisotopic (exact) mass is 283 g/mol. The number of Topliss-reactive ketones (excluding diaryl/α,β-unsaturated/α-hetero) is 1. The van der Waals surface area contributed by atoms with Gasteiger partial charge in [0.25, 0.3) is 0 Å². The Morgan fingerprint density at radius 1 is 1.24 bits per heavy atom. The molecule has 1 aromatic heterocycles. The van der Waals surface area contributed by atoms with Crippen molar-refractivity contribution >= 4 is 23.4 Å². The van der Waals surface area contributed by atoms with E-state index in [0.29, 0.717) is 17.2 Å². The van der Waals surface area contributed by atoms with Crippen molar-refractivity contribution in [2.24, 2.45) is 0 Å². The van der Waals surface area contributed by atoms with Gasteiger partial charge in [-0.3, -0.25) is 14.5 Å². The molecule has 21 heavy (non-hydrogen) atoms. The molecule has 6 nitrogen and oxygen atoms in total. The molecule has 0 N–H and O–H groups in total. The number of anilines is 2. The molecular weight excluding hydrogens is 270 g/mol. The number of carbonyl (C=O) groups is 2. The molecule has 1 aromatic carbocycles. The molecule has 6 heteroatoms. The molecule has 1 aliphatic heterocycles. The van der Waals surface area contributed by atoms with E-state index in [0.717, 1.165) is 5.56 Å². The first kappa shape index (κ1) is 13.2. The first-order chi connectivity index (χ1) is 10.1. The van der Waals surface area contributed by atoms with E-state index in [-0.39, 0.29) is 5.78 Å². The third kappa shape index (κ3) is 2.14. The van der Waals surface area contributed by atoms with Crippen LogP contribution in [0.3, 0.4) is 0 Å². The van der Waals surface area contributed by atoms with Crippen molar-refractivity contribution < 1.29 is 14.3 Å². The van der Waals surface area contributed by atoms with Gasteiger partial charge in [0.1, 0.15) is 0 Å². The Labute approximate surface area is 121 Å². The highest BCUT2D eigenvalue weighted by molar-refractivity contribution is 6.13. The average molecular weight is 283 g/mol. The van der Waals surface area contributed by atoms with Crippen molar-refractivity contribution in [3.63, 3.8) is 0 Å². The number of carbonyl (C=O) groups excluding carboxylic acids is 2. The standard InChI is InChI=1S/C15H13N3O3/c1-9-5-3-6-11-12(9)13(20)14(21-10(2)19)18(11)15-16-7-4-8-17-15/h3-8,14H,1-2H3. The molecule has 2 heterocycles. The lowest BCUT2D eigenvalue weighted by molar-refractivity contribution is -0.143. The predicted molar refractivity (Wildman–Crippen MR) is 75.2 cm³/mol. The average Bonchev–Trinajstić information content (AvgIpc) is 2.73. The Balaban J connectivity index is 2.16. The number of hydrogen-bond donors (Lipinski definition) is 0. The summed E-state index contributed by atoms with van der Waals surface area (Å²) in [5.41, 5.74) is 2.02. The highest BCUT2D eigenvalue weighted by Gasteiger charge is 2.42. The Hall–Kier alpha value is -2.76. The number of nitrogens with zero attached hydrogens (tertiary/aromatic N) is 3. The van der Waals surface area contributed by atoms with E-state index >= 15 is 0 Å². The van der Waals surface area contributed by atoms with Gasteiger partial charge in [0.15, 0.2) is 0 Å². The summed E-state index contributed by atoms with van der Waals surface area (Å²) in [4.78, 5) is 33.7. The van der Waals surface area contributed by atoms with E-state index in [1.54, 1.807) is 29.4 Å². The van der Waals surface area contributed by atoms with Crippen molar-refractivity contribution in [2.75, 3.05) is 4.90 Å². The van der Waals surface area contributed by atoms with E-state index in [2.05, 4.69) is 9.97 Å². The summed E-state index contributed by atoms with van der Waals surface area (Å²) in [7, 11) is 0. The highest BCUT2D eigenvalue weighted by Crippen LogP contribution is 2.38. The number of fused-ring (bicyclic) bond motifs is 1. The zero-order chi connectivity index (χ0) is 15.0. The normalized spacial score (nSPS) is 16.8. The molecule has 1 atom stereocenters. The van der Waals surface area contributed by atoms with Gasteiger partial charge in [-0.15, -0.1) is 0 Å². The van der Waals surface area contributed by atoms with Crippen molar-refractivity contribution in [1.82, 2.24) is 9.97 Å². The number of aryl methyl sites for hydroxylation is 1. The van der Waals surface area contributed by atoms with E-state index < -0.39 is 12.2 Å².